The second kappa shape index (κ2) is 9.34. The highest BCUT2D eigenvalue weighted by Crippen LogP contribution is 2.36. The number of anilines is 1. The third-order valence-corrected chi connectivity index (χ3v) is 5.02. The van der Waals surface area contributed by atoms with E-state index in [0.717, 1.165) is 5.56 Å². The Hall–Kier alpha value is -4.13. The lowest BCUT2D eigenvalue weighted by molar-refractivity contribution is -0.137. The van der Waals surface area contributed by atoms with E-state index >= 15 is 0 Å². The van der Waals surface area contributed by atoms with Gasteiger partial charge in [0, 0.05) is 29.7 Å². The lowest BCUT2D eigenvalue weighted by Crippen LogP contribution is -2.32. The number of nitrogens with one attached hydrogen (secondary N) is 1. The maximum absolute atomic E-state index is 13.5. The Kier molecular flexibility index (Phi) is 6.17. The monoisotopic (exact) mass is 429 g/mol. The van der Waals surface area contributed by atoms with Crippen LogP contribution in [0.4, 0.5) is 5.69 Å². The van der Waals surface area contributed by atoms with Crippen LogP contribution in [0.5, 0.6) is 11.5 Å². The Labute approximate surface area is 186 Å². The van der Waals surface area contributed by atoms with Gasteiger partial charge in [0.1, 0.15) is 17.2 Å². The van der Waals surface area contributed by atoms with Gasteiger partial charge >= 0.3 is 0 Å². The van der Waals surface area contributed by atoms with Crippen LogP contribution in [0, 0.1) is 0 Å². The summed E-state index contributed by atoms with van der Waals surface area (Å²) in [4.78, 5) is 32.2. The molecule has 1 aliphatic rings. The van der Waals surface area contributed by atoms with Crippen molar-refractivity contribution in [3.05, 3.63) is 89.9 Å². The molecule has 0 saturated heterocycles. The highest BCUT2D eigenvalue weighted by Gasteiger charge is 2.40. The fourth-order valence-electron chi connectivity index (χ4n) is 3.59. The maximum atomic E-state index is 13.5. The molecule has 0 bridgehead atoms. The molecule has 0 fully saturated rings. The fourth-order valence-corrected chi connectivity index (χ4v) is 3.59. The molecule has 1 aromatic heterocycles. The van der Waals surface area contributed by atoms with E-state index in [-0.39, 0.29) is 17.8 Å². The van der Waals surface area contributed by atoms with E-state index in [1.165, 1.54) is 12.0 Å². The van der Waals surface area contributed by atoms with E-state index in [1.807, 2.05) is 37.3 Å². The minimum absolute atomic E-state index is 0.119. The second-order valence-electron chi connectivity index (χ2n) is 7.09. The van der Waals surface area contributed by atoms with Crippen LogP contribution in [0.25, 0.3) is 5.57 Å². The molecule has 2 heterocycles. The summed E-state index contributed by atoms with van der Waals surface area (Å²) in [6, 6.07) is 18.0. The number of rotatable bonds is 8. The normalized spacial score (nSPS) is 13.5. The van der Waals surface area contributed by atoms with E-state index in [2.05, 4.69) is 10.3 Å². The summed E-state index contributed by atoms with van der Waals surface area (Å²) in [6.45, 7) is 2.54. The van der Waals surface area contributed by atoms with Crippen LogP contribution in [-0.2, 0) is 16.1 Å². The molecule has 0 radical (unpaired) electrons. The van der Waals surface area contributed by atoms with Crippen LogP contribution in [0.1, 0.15) is 18.1 Å². The summed E-state index contributed by atoms with van der Waals surface area (Å²) < 4.78 is 11.0. The Bertz CT molecular complexity index is 1170. The van der Waals surface area contributed by atoms with Crippen molar-refractivity contribution in [2.75, 3.05) is 19.0 Å². The van der Waals surface area contributed by atoms with Gasteiger partial charge in [-0.05, 0) is 36.8 Å². The molecule has 0 unspecified atom stereocenters. The zero-order valence-corrected chi connectivity index (χ0v) is 17.9. The van der Waals surface area contributed by atoms with Crippen molar-refractivity contribution in [1.29, 1.82) is 0 Å². The average Bonchev–Trinajstić information content (AvgIpc) is 3.04. The van der Waals surface area contributed by atoms with Crippen LogP contribution in [-0.4, -0.2) is 35.4 Å². The molecule has 0 saturated carbocycles. The standard InChI is InChI=1S/C25H23N3O4/c1-3-32-19-10-6-9-18(14-19)27-23-22(20-11-4-5-12-21(20)31-2)24(29)28(25(23)30)16-17-8-7-13-26-15-17/h4-15,27H,3,16H2,1-2H3. The Morgan fingerprint density at radius 1 is 1.00 bits per heavy atom. The smallest absolute Gasteiger partial charge is 0.278 e. The molecule has 32 heavy (non-hydrogen) atoms. The predicted octanol–water partition coefficient (Wildman–Crippen LogP) is 3.88. The fraction of sp³-hybridized carbons (Fsp3) is 0.160. The summed E-state index contributed by atoms with van der Waals surface area (Å²) in [5.74, 6) is 0.364. The SMILES string of the molecule is CCOc1cccc(NC2=C(c3ccccc3OC)C(=O)N(Cc3cccnc3)C2=O)c1. The largest absolute Gasteiger partial charge is 0.496 e. The summed E-state index contributed by atoms with van der Waals surface area (Å²) in [7, 11) is 1.53. The molecular formula is C25H23N3O4. The average molecular weight is 429 g/mol. The lowest BCUT2D eigenvalue weighted by atomic mass is 10.0. The number of carbonyl (C=O) groups is 2. The molecule has 4 rings (SSSR count). The molecule has 7 heteroatoms. The number of benzene rings is 2. The Morgan fingerprint density at radius 3 is 2.59 bits per heavy atom. The van der Waals surface area contributed by atoms with Gasteiger partial charge in [0.2, 0.25) is 0 Å². The number of methoxy groups -OCH3 is 1. The zero-order chi connectivity index (χ0) is 22.5. The maximum Gasteiger partial charge on any atom is 0.278 e. The van der Waals surface area contributed by atoms with Crippen molar-refractivity contribution in [3.8, 4) is 11.5 Å². The first-order chi connectivity index (χ1) is 15.6. The molecule has 1 aliphatic heterocycles. The van der Waals surface area contributed by atoms with Crippen LogP contribution < -0.4 is 14.8 Å². The summed E-state index contributed by atoms with van der Waals surface area (Å²) >= 11 is 0. The zero-order valence-electron chi connectivity index (χ0n) is 17.9. The number of amides is 2. The molecule has 2 aromatic carbocycles. The third kappa shape index (κ3) is 4.18. The minimum atomic E-state index is -0.415. The van der Waals surface area contributed by atoms with Gasteiger partial charge in [0.25, 0.3) is 11.8 Å². The highest BCUT2D eigenvalue weighted by molar-refractivity contribution is 6.36. The van der Waals surface area contributed by atoms with Gasteiger partial charge in [0.05, 0.1) is 25.8 Å². The van der Waals surface area contributed by atoms with Crippen molar-refractivity contribution >= 4 is 23.1 Å². The quantitative estimate of drug-likeness (QED) is 0.548. The number of pyridine rings is 1. The topological polar surface area (TPSA) is 80.8 Å². The molecule has 0 spiro atoms. The van der Waals surface area contributed by atoms with Crippen molar-refractivity contribution in [3.63, 3.8) is 0 Å². The molecule has 7 nitrogen and oxygen atoms in total. The molecule has 0 atom stereocenters. The molecule has 2 amide bonds. The van der Waals surface area contributed by atoms with Gasteiger partial charge in [-0.2, -0.15) is 0 Å². The summed E-state index contributed by atoms with van der Waals surface area (Å²) in [6.07, 6.45) is 3.29. The third-order valence-electron chi connectivity index (χ3n) is 5.02. The van der Waals surface area contributed by atoms with E-state index in [0.29, 0.717) is 29.4 Å². The van der Waals surface area contributed by atoms with Gasteiger partial charge in [-0.1, -0.05) is 30.3 Å². The van der Waals surface area contributed by atoms with Crippen LogP contribution in [0.15, 0.2) is 78.8 Å². The first kappa shape index (κ1) is 21.1. The van der Waals surface area contributed by atoms with Crippen LogP contribution in [0.2, 0.25) is 0 Å². The number of ether oxygens (including phenoxy) is 2. The first-order valence-corrected chi connectivity index (χ1v) is 10.2. The van der Waals surface area contributed by atoms with Gasteiger partial charge in [-0.25, -0.2) is 0 Å². The van der Waals surface area contributed by atoms with E-state index in [4.69, 9.17) is 9.47 Å². The van der Waals surface area contributed by atoms with Gasteiger partial charge in [0.15, 0.2) is 0 Å². The van der Waals surface area contributed by atoms with Crippen molar-refractivity contribution in [1.82, 2.24) is 9.88 Å². The number of carbonyl (C=O) groups excluding carboxylic acids is 2. The van der Waals surface area contributed by atoms with Crippen molar-refractivity contribution < 1.29 is 19.1 Å². The second-order valence-corrected chi connectivity index (χ2v) is 7.09. The van der Waals surface area contributed by atoms with Crippen LogP contribution >= 0.6 is 0 Å². The summed E-state index contributed by atoms with van der Waals surface area (Å²) in [5.41, 5.74) is 2.40. The first-order valence-electron chi connectivity index (χ1n) is 10.2. The predicted molar refractivity (Wildman–Crippen MR) is 121 cm³/mol. The molecule has 3 aromatic rings. The Morgan fingerprint density at radius 2 is 1.84 bits per heavy atom. The molecular weight excluding hydrogens is 406 g/mol. The number of hydrogen-bond donors (Lipinski definition) is 1. The number of hydrogen-bond acceptors (Lipinski definition) is 6. The number of nitrogens with zero attached hydrogens (tertiary/aromatic N) is 2. The summed E-state index contributed by atoms with van der Waals surface area (Å²) in [5, 5.41) is 3.15. The molecule has 1 N–H and O–H groups in total. The molecule has 162 valence electrons. The highest BCUT2D eigenvalue weighted by atomic mass is 16.5. The minimum Gasteiger partial charge on any atom is -0.496 e. The van der Waals surface area contributed by atoms with E-state index in [1.54, 1.807) is 42.7 Å². The lowest BCUT2D eigenvalue weighted by Gasteiger charge is -2.15. The van der Waals surface area contributed by atoms with Gasteiger partial charge in [-0.15, -0.1) is 0 Å². The molecule has 0 aliphatic carbocycles. The van der Waals surface area contributed by atoms with Gasteiger partial charge in [-0.3, -0.25) is 19.5 Å². The van der Waals surface area contributed by atoms with E-state index < -0.39 is 11.8 Å². The van der Waals surface area contributed by atoms with Crippen molar-refractivity contribution in [2.24, 2.45) is 0 Å². The van der Waals surface area contributed by atoms with Crippen LogP contribution in [0.3, 0.4) is 0 Å². The van der Waals surface area contributed by atoms with E-state index in [9.17, 15) is 9.59 Å². The van der Waals surface area contributed by atoms with Crippen molar-refractivity contribution in [2.45, 2.75) is 13.5 Å². The number of aromatic nitrogens is 1. The number of para-hydroxylation sites is 1. The van der Waals surface area contributed by atoms with Gasteiger partial charge < -0.3 is 14.8 Å². The Balaban J connectivity index is 1.77. The number of imide groups is 1.